The van der Waals surface area contributed by atoms with Gasteiger partial charge in [-0.2, -0.15) is 0 Å². The zero-order valence-corrected chi connectivity index (χ0v) is 23.0. The molecule has 0 rings (SSSR count). The molecule has 0 radical (unpaired) electrons. The highest BCUT2D eigenvalue weighted by molar-refractivity contribution is 8.13. The van der Waals surface area contributed by atoms with Gasteiger partial charge in [0.05, 0.1) is 65.4 Å². The third-order valence-electron chi connectivity index (χ3n) is 5.66. The van der Waals surface area contributed by atoms with Gasteiger partial charge >= 0.3 is 0 Å². The Morgan fingerprint density at radius 3 is 1.83 bits per heavy atom. The Bertz CT molecular complexity index is 508. The van der Waals surface area contributed by atoms with E-state index in [1.54, 1.807) is 0 Å². The van der Waals surface area contributed by atoms with Gasteiger partial charge < -0.3 is 8.97 Å². The van der Waals surface area contributed by atoms with E-state index in [-0.39, 0.29) is 11.3 Å². The van der Waals surface area contributed by atoms with Crippen LogP contribution in [0.5, 0.6) is 0 Å². The molecule has 0 saturated carbocycles. The standard InChI is InChI=1S/C24H50N2O2S2/c1-10-14-26(15-11-2,18-20-29-22(27)21(3)4)16-12-13-24(5,6)23(28)30-19-17-25(7,8)9/h21H,10-20H2,1-9H3/q+2. The van der Waals surface area contributed by atoms with Crippen LogP contribution >= 0.6 is 23.5 Å². The zero-order valence-electron chi connectivity index (χ0n) is 21.4. The van der Waals surface area contributed by atoms with Crippen LogP contribution in [0, 0.1) is 11.3 Å². The van der Waals surface area contributed by atoms with Gasteiger partial charge in [0.15, 0.2) is 10.2 Å². The molecule has 6 heteroatoms. The molecule has 0 aromatic carbocycles. The summed E-state index contributed by atoms with van der Waals surface area (Å²) in [4.78, 5) is 24.8. The number of carbonyl (C=O) groups is 2. The maximum Gasteiger partial charge on any atom is 0.194 e. The molecule has 4 nitrogen and oxygen atoms in total. The predicted octanol–water partition coefficient (Wildman–Crippen LogP) is 5.31. The minimum absolute atomic E-state index is 0.107. The second-order valence-electron chi connectivity index (χ2n) is 10.7. The van der Waals surface area contributed by atoms with Gasteiger partial charge in [0, 0.05) is 11.3 Å². The van der Waals surface area contributed by atoms with Gasteiger partial charge in [0.2, 0.25) is 0 Å². The first-order valence-electron chi connectivity index (χ1n) is 11.8. The van der Waals surface area contributed by atoms with Crippen molar-refractivity contribution in [3.8, 4) is 0 Å². The van der Waals surface area contributed by atoms with Gasteiger partial charge in [-0.1, -0.05) is 65.1 Å². The summed E-state index contributed by atoms with van der Waals surface area (Å²) in [6.07, 6.45) is 4.32. The molecule has 0 spiro atoms. The zero-order chi connectivity index (χ0) is 23.4. The fourth-order valence-electron chi connectivity index (χ4n) is 3.69. The van der Waals surface area contributed by atoms with E-state index in [9.17, 15) is 9.59 Å². The van der Waals surface area contributed by atoms with E-state index in [0.717, 1.165) is 78.9 Å². The average Bonchev–Trinajstić information content (AvgIpc) is 2.60. The maximum absolute atomic E-state index is 12.8. The van der Waals surface area contributed by atoms with E-state index in [1.807, 2.05) is 13.8 Å². The predicted molar refractivity (Wildman–Crippen MR) is 136 cm³/mol. The lowest BCUT2D eigenvalue weighted by atomic mass is 9.89. The maximum atomic E-state index is 12.8. The van der Waals surface area contributed by atoms with Crippen molar-refractivity contribution in [3.05, 3.63) is 0 Å². The molecular formula is C24H50N2O2S2+2. The van der Waals surface area contributed by atoms with Crippen molar-refractivity contribution >= 4 is 33.8 Å². The van der Waals surface area contributed by atoms with Crippen LogP contribution in [-0.4, -0.2) is 84.6 Å². The van der Waals surface area contributed by atoms with Gasteiger partial charge in [0.1, 0.15) is 0 Å². The third kappa shape index (κ3) is 12.7. The number of rotatable bonds is 16. The SMILES string of the molecule is CCC[N+](CCC)(CCCC(C)(C)C(=O)SCC[N+](C)(C)C)CCSC(=O)C(C)C. The molecule has 0 bridgehead atoms. The Morgan fingerprint density at radius 1 is 0.833 bits per heavy atom. The van der Waals surface area contributed by atoms with E-state index >= 15 is 0 Å². The first kappa shape index (κ1) is 30.0. The fourth-order valence-corrected chi connectivity index (χ4v) is 6.02. The summed E-state index contributed by atoms with van der Waals surface area (Å²) < 4.78 is 1.98. The van der Waals surface area contributed by atoms with Crippen LogP contribution in [0.2, 0.25) is 0 Å². The number of hydrogen-bond donors (Lipinski definition) is 0. The Morgan fingerprint density at radius 2 is 1.37 bits per heavy atom. The molecule has 0 aliphatic heterocycles. The number of carbonyl (C=O) groups excluding carboxylic acids is 2. The summed E-state index contributed by atoms with van der Waals surface area (Å²) in [7, 11) is 6.51. The van der Waals surface area contributed by atoms with E-state index in [0.29, 0.717) is 10.2 Å². The number of nitrogens with zero attached hydrogens (tertiary/aromatic N) is 2. The Hall–Kier alpha value is -0.0400. The van der Waals surface area contributed by atoms with Crippen molar-refractivity contribution in [1.82, 2.24) is 0 Å². The quantitative estimate of drug-likeness (QED) is 0.291. The number of hydrogen-bond acceptors (Lipinski definition) is 4. The first-order valence-corrected chi connectivity index (χ1v) is 13.7. The van der Waals surface area contributed by atoms with Crippen LogP contribution in [-0.2, 0) is 9.59 Å². The van der Waals surface area contributed by atoms with Gasteiger partial charge in [-0.25, -0.2) is 0 Å². The van der Waals surface area contributed by atoms with Crippen LogP contribution < -0.4 is 0 Å². The summed E-state index contributed by atoms with van der Waals surface area (Å²) in [5, 5.41) is 0.636. The minimum atomic E-state index is -0.272. The van der Waals surface area contributed by atoms with Crippen LogP contribution in [0.3, 0.4) is 0 Å². The summed E-state index contributed by atoms with van der Waals surface area (Å²) in [6.45, 7) is 18.2. The number of thioether (sulfide) groups is 2. The lowest BCUT2D eigenvalue weighted by Crippen LogP contribution is -2.51. The third-order valence-corrected chi connectivity index (χ3v) is 8.00. The molecule has 0 amide bonds. The second kappa shape index (κ2) is 14.2. The lowest BCUT2D eigenvalue weighted by molar-refractivity contribution is -0.926. The first-order chi connectivity index (χ1) is 13.8. The molecule has 178 valence electrons. The summed E-state index contributed by atoms with van der Waals surface area (Å²) in [5.74, 6) is 1.90. The molecule has 0 heterocycles. The van der Waals surface area contributed by atoms with E-state index in [2.05, 4.69) is 48.8 Å². The molecule has 0 atom stereocenters. The summed E-state index contributed by atoms with van der Waals surface area (Å²) in [6, 6.07) is 0. The Balaban J connectivity index is 4.79. The van der Waals surface area contributed by atoms with Gasteiger partial charge in [-0.15, -0.1) is 0 Å². The molecule has 30 heavy (non-hydrogen) atoms. The Kier molecular flexibility index (Phi) is 14.2. The second-order valence-corrected chi connectivity index (χ2v) is 12.9. The minimum Gasteiger partial charge on any atom is -0.330 e. The lowest BCUT2D eigenvalue weighted by Gasteiger charge is -2.39. The van der Waals surface area contributed by atoms with Crippen molar-refractivity contribution in [2.24, 2.45) is 11.3 Å². The smallest absolute Gasteiger partial charge is 0.194 e. The van der Waals surface area contributed by atoms with Gasteiger partial charge in [-0.3, -0.25) is 9.59 Å². The van der Waals surface area contributed by atoms with E-state index in [1.165, 1.54) is 23.5 Å². The highest BCUT2D eigenvalue weighted by Crippen LogP contribution is 2.30. The molecule has 0 aliphatic carbocycles. The van der Waals surface area contributed by atoms with Crippen LogP contribution in [0.25, 0.3) is 0 Å². The molecule has 0 aliphatic rings. The summed E-state index contributed by atoms with van der Waals surface area (Å²) >= 11 is 3.01. The van der Waals surface area contributed by atoms with E-state index < -0.39 is 0 Å². The molecule has 0 aromatic rings. The molecule has 0 aromatic heterocycles. The van der Waals surface area contributed by atoms with Crippen LogP contribution in [0.15, 0.2) is 0 Å². The highest BCUT2D eigenvalue weighted by atomic mass is 32.2. The van der Waals surface area contributed by atoms with Crippen LogP contribution in [0.1, 0.15) is 67.2 Å². The molecule has 0 fully saturated rings. The topological polar surface area (TPSA) is 34.1 Å². The van der Waals surface area contributed by atoms with Gasteiger partial charge in [0.25, 0.3) is 0 Å². The average molecular weight is 463 g/mol. The molecule has 0 unspecified atom stereocenters. The Labute approximate surface area is 196 Å². The van der Waals surface area contributed by atoms with Crippen molar-refractivity contribution in [2.45, 2.75) is 67.2 Å². The normalized spacial score (nSPS) is 13.1. The molecular weight excluding hydrogens is 412 g/mol. The number of quaternary nitrogens is 2. The van der Waals surface area contributed by atoms with Crippen molar-refractivity contribution in [2.75, 3.05) is 65.4 Å². The van der Waals surface area contributed by atoms with Crippen LogP contribution in [0.4, 0.5) is 0 Å². The highest BCUT2D eigenvalue weighted by Gasteiger charge is 2.31. The fraction of sp³-hybridized carbons (Fsp3) is 0.917. The monoisotopic (exact) mass is 462 g/mol. The van der Waals surface area contributed by atoms with E-state index in [4.69, 9.17) is 0 Å². The molecule has 0 saturated heterocycles. The van der Waals surface area contributed by atoms with Gasteiger partial charge in [-0.05, 0) is 25.7 Å². The molecule has 0 N–H and O–H groups in total. The summed E-state index contributed by atoms with van der Waals surface area (Å²) in [5.41, 5.74) is -0.272. The van der Waals surface area contributed by atoms with Crippen molar-refractivity contribution in [3.63, 3.8) is 0 Å². The van der Waals surface area contributed by atoms with Crippen molar-refractivity contribution < 1.29 is 18.6 Å². The van der Waals surface area contributed by atoms with Crippen molar-refractivity contribution in [1.29, 1.82) is 0 Å². The largest absolute Gasteiger partial charge is 0.330 e.